The summed E-state index contributed by atoms with van der Waals surface area (Å²) in [4.78, 5) is 25.0. The third-order valence-electron chi connectivity index (χ3n) is 3.48. The third kappa shape index (κ3) is 4.58. The summed E-state index contributed by atoms with van der Waals surface area (Å²) in [5, 5.41) is 3.27. The summed E-state index contributed by atoms with van der Waals surface area (Å²) >= 11 is 5.88. The summed E-state index contributed by atoms with van der Waals surface area (Å²) in [7, 11) is 0. The standard InChI is InChI=1S/C16H19ClN2O3/c1-2-15(20)18-8-7-16(21)19-9-10-22-14(11-19)12-3-5-13(17)6-4-12/h2-6,14H,1,7-11H2,(H,18,20)/t14-/m0/s1. The molecule has 0 aliphatic carbocycles. The van der Waals surface area contributed by atoms with Crippen molar-refractivity contribution in [2.75, 3.05) is 26.2 Å². The largest absolute Gasteiger partial charge is 0.370 e. The van der Waals surface area contributed by atoms with E-state index in [1.807, 2.05) is 24.3 Å². The molecule has 2 rings (SSSR count). The molecule has 1 aliphatic heterocycles. The van der Waals surface area contributed by atoms with Gasteiger partial charge in [0.2, 0.25) is 11.8 Å². The normalized spacial score (nSPS) is 17.9. The van der Waals surface area contributed by atoms with Gasteiger partial charge in [-0.3, -0.25) is 9.59 Å². The van der Waals surface area contributed by atoms with Crippen LogP contribution in [0.25, 0.3) is 0 Å². The Morgan fingerprint density at radius 3 is 2.82 bits per heavy atom. The summed E-state index contributed by atoms with van der Waals surface area (Å²) in [5.74, 6) is -0.263. The van der Waals surface area contributed by atoms with E-state index in [0.717, 1.165) is 5.56 Å². The van der Waals surface area contributed by atoms with E-state index in [4.69, 9.17) is 16.3 Å². The zero-order valence-electron chi connectivity index (χ0n) is 12.3. The van der Waals surface area contributed by atoms with Gasteiger partial charge in [0, 0.05) is 24.5 Å². The first-order chi connectivity index (χ1) is 10.6. The molecule has 22 heavy (non-hydrogen) atoms. The molecule has 2 amide bonds. The van der Waals surface area contributed by atoms with Crippen molar-refractivity contribution in [2.24, 2.45) is 0 Å². The smallest absolute Gasteiger partial charge is 0.243 e. The Labute approximate surface area is 134 Å². The Balaban J connectivity index is 1.87. The molecular weight excluding hydrogens is 304 g/mol. The molecule has 1 aliphatic rings. The van der Waals surface area contributed by atoms with Crippen molar-refractivity contribution in [1.82, 2.24) is 10.2 Å². The number of nitrogens with zero attached hydrogens (tertiary/aromatic N) is 1. The highest BCUT2D eigenvalue weighted by molar-refractivity contribution is 6.30. The predicted octanol–water partition coefficient (Wildman–Crippen LogP) is 1.93. The SMILES string of the molecule is C=CC(=O)NCCC(=O)N1CCO[C@H](c2ccc(Cl)cc2)C1. The predicted molar refractivity (Wildman–Crippen MR) is 84.5 cm³/mol. The molecule has 0 radical (unpaired) electrons. The van der Waals surface area contributed by atoms with Crippen LogP contribution in [0.2, 0.25) is 5.02 Å². The molecule has 0 spiro atoms. The monoisotopic (exact) mass is 322 g/mol. The van der Waals surface area contributed by atoms with E-state index in [2.05, 4.69) is 11.9 Å². The lowest BCUT2D eigenvalue weighted by atomic mass is 10.1. The van der Waals surface area contributed by atoms with Crippen LogP contribution < -0.4 is 5.32 Å². The number of rotatable bonds is 5. The number of hydrogen-bond donors (Lipinski definition) is 1. The number of hydrogen-bond acceptors (Lipinski definition) is 3. The van der Waals surface area contributed by atoms with E-state index in [1.165, 1.54) is 6.08 Å². The van der Waals surface area contributed by atoms with Gasteiger partial charge in [-0.1, -0.05) is 30.3 Å². The van der Waals surface area contributed by atoms with Gasteiger partial charge in [-0.25, -0.2) is 0 Å². The van der Waals surface area contributed by atoms with Crippen molar-refractivity contribution >= 4 is 23.4 Å². The van der Waals surface area contributed by atoms with Gasteiger partial charge in [-0.05, 0) is 23.8 Å². The van der Waals surface area contributed by atoms with Crippen LogP contribution in [0.15, 0.2) is 36.9 Å². The van der Waals surface area contributed by atoms with Crippen LogP contribution in [0.4, 0.5) is 0 Å². The van der Waals surface area contributed by atoms with Crippen LogP contribution in [0.1, 0.15) is 18.1 Å². The molecule has 0 aromatic heterocycles. The molecule has 1 fully saturated rings. The van der Waals surface area contributed by atoms with Gasteiger partial charge in [-0.2, -0.15) is 0 Å². The lowest BCUT2D eigenvalue weighted by molar-refractivity contribution is -0.138. The Morgan fingerprint density at radius 1 is 1.41 bits per heavy atom. The number of nitrogens with one attached hydrogen (secondary N) is 1. The average molecular weight is 323 g/mol. The zero-order chi connectivity index (χ0) is 15.9. The molecular formula is C16H19ClN2O3. The minimum Gasteiger partial charge on any atom is -0.370 e. The molecule has 1 N–H and O–H groups in total. The van der Waals surface area contributed by atoms with Crippen molar-refractivity contribution in [3.63, 3.8) is 0 Å². The first-order valence-corrected chi connectivity index (χ1v) is 7.53. The number of ether oxygens (including phenoxy) is 1. The molecule has 118 valence electrons. The minimum atomic E-state index is -0.270. The van der Waals surface area contributed by atoms with Gasteiger partial charge in [0.25, 0.3) is 0 Å². The fourth-order valence-corrected chi connectivity index (χ4v) is 2.40. The molecule has 1 saturated heterocycles. The maximum atomic E-state index is 12.2. The number of carbonyl (C=O) groups is 2. The topological polar surface area (TPSA) is 58.6 Å². The van der Waals surface area contributed by atoms with Crippen molar-refractivity contribution in [2.45, 2.75) is 12.5 Å². The molecule has 1 aromatic carbocycles. The van der Waals surface area contributed by atoms with Crippen LogP contribution in [0, 0.1) is 0 Å². The fraction of sp³-hybridized carbons (Fsp3) is 0.375. The zero-order valence-corrected chi connectivity index (χ0v) is 13.0. The number of morpholine rings is 1. The van der Waals surface area contributed by atoms with E-state index >= 15 is 0 Å². The average Bonchev–Trinajstić information content (AvgIpc) is 2.55. The second-order valence-corrected chi connectivity index (χ2v) is 5.43. The third-order valence-corrected chi connectivity index (χ3v) is 3.74. The number of halogens is 1. The van der Waals surface area contributed by atoms with Gasteiger partial charge < -0.3 is 15.0 Å². The Bertz CT molecular complexity index is 545. The van der Waals surface area contributed by atoms with Crippen LogP contribution in [0.5, 0.6) is 0 Å². The highest BCUT2D eigenvalue weighted by atomic mass is 35.5. The van der Waals surface area contributed by atoms with Crippen molar-refractivity contribution < 1.29 is 14.3 Å². The molecule has 1 aromatic rings. The molecule has 1 heterocycles. The van der Waals surface area contributed by atoms with Gasteiger partial charge in [0.1, 0.15) is 6.10 Å². The first kappa shape index (κ1) is 16.5. The Kier molecular flexibility index (Phi) is 5.98. The van der Waals surface area contributed by atoms with Crippen LogP contribution in [-0.2, 0) is 14.3 Å². The minimum absolute atomic E-state index is 0.00613. The number of benzene rings is 1. The first-order valence-electron chi connectivity index (χ1n) is 7.15. The van der Waals surface area contributed by atoms with Gasteiger partial charge in [0.15, 0.2) is 0 Å². The maximum Gasteiger partial charge on any atom is 0.243 e. The van der Waals surface area contributed by atoms with Gasteiger partial charge in [-0.15, -0.1) is 0 Å². The molecule has 6 heteroatoms. The lowest BCUT2D eigenvalue weighted by Crippen LogP contribution is -2.43. The summed E-state index contributed by atoms with van der Waals surface area (Å²) in [6.07, 6.45) is 1.32. The van der Waals surface area contributed by atoms with Crippen molar-refractivity contribution in [1.29, 1.82) is 0 Å². The Morgan fingerprint density at radius 2 is 2.14 bits per heavy atom. The number of amides is 2. The summed E-state index contributed by atoms with van der Waals surface area (Å²) in [6, 6.07) is 7.44. The van der Waals surface area contributed by atoms with Crippen LogP contribution in [-0.4, -0.2) is 43.0 Å². The van der Waals surface area contributed by atoms with Gasteiger partial charge in [0.05, 0.1) is 13.2 Å². The maximum absolute atomic E-state index is 12.2. The molecule has 0 unspecified atom stereocenters. The molecule has 1 atom stereocenters. The van der Waals surface area contributed by atoms with E-state index in [1.54, 1.807) is 4.90 Å². The number of carbonyl (C=O) groups excluding carboxylic acids is 2. The summed E-state index contributed by atoms with van der Waals surface area (Å²) in [5.41, 5.74) is 1.00. The van der Waals surface area contributed by atoms with E-state index in [9.17, 15) is 9.59 Å². The molecule has 5 nitrogen and oxygen atoms in total. The van der Waals surface area contributed by atoms with Crippen molar-refractivity contribution in [3.8, 4) is 0 Å². The van der Waals surface area contributed by atoms with E-state index in [-0.39, 0.29) is 24.3 Å². The van der Waals surface area contributed by atoms with E-state index in [0.29, 0.717) is 31.3 Å². The lowest BCUT2D eigenvalue weighted by Gasteiger charge is -2.33. The van der Waals surface area contributed by atoms with Crippen LogP contribution >= 0.6 is 11.6 Å². The highest BCUT2D eigenvalue weighted by Crippen LogP contribution is 2.23. The van der Waals surface area contributed by atoms with Crippen molar-refractivity contribution in [3.05, 3.63) is 47.5 Å². The Hall–Kier alpha value is -1.85. The highest BCUT2D eigenvalue weighted by Gasteiger charge is 2.25. The van der Waals surface area contributed by atoms with E-state index < -0.39 is 0 Å². The van der Waals surface area contributed by atoms with Gasteiger partial charge >= 0.3 is 0 Å². The summed E-state index contributed by atoms with van der Waals surface area (Å²) in [6.45, 7) is 5.25. The quantitative estimate of drug-likeness (QED) is 0.843. The second kappa shape index (κ2) is 7.96. The molecule has 0 saturated carbocycles. The fourth-order valence-electron chi connectivity index (χ4n) is 2.28. The summed E-state index contributed by atoms with van der Waals surface area (Å²) < 4.78 is 5.72. The second-order valence-electron chi connectivity index (χ2n) is 5.00. The van der Waals surface area contributed by atoms with Crippen LogP contribution in [0.3, 0.4) is 0 Å². The molecule has 0 bridgehead atoms.